The van der Waals surface area contributed by atoms with Crippen LogP contribution < -0.4 is 5.32 Å². The standard InChI is InChI=1S/C10H11BrFNO/c1-7(13-10(14)6-11)8-3-2-4-9(12)5-8/h2-5,7H,6H2,1H3,(H,13,14)/t7-/m0/s1. The van der Waals surface area contributed by atoms with Gasteiger partial charge in [-0.3, -0.25) is 4.79 Å². The molecule has 1 rings (SSSR count). The predicted molar refractivity (Wildman–Crippen MR) is 56.8 cm³/mol. The Morgan fingerprint density at radius 1 is 1.64 bits per heavy atom. The van der Waals surface area contributed by atoms with Crippen LogP contribution in [0.15, 0.2) is 24.3 Å². The number of carbonyl (C=O) groups excluding carboxylic acids is 1. The van der Waals surface area contributed by atoms with Crippen LogP contribution in [0.1, 0.15) is 18.5 Å². The summed E-state index contributed by atoms with van der Waals surface area (Å²) in [5.41, 5.74) is 0.763. The SMILES string of the molecule is C[C@H](NC(=O)CBr)c1cccc(F)c1. The number of rotatable bonds is 3. The zero-order valence-corrected chi connectivity index (χ0v) is 9.34. The molecule has 4 heteroatoms. The Labute approximate surface area is 90.6 Å². The van der Waals surface area contributed by atoms with Crippen LogP contribution in [-0.4, -0.2) is 11.2 Å². The largest absolute Gasteiger partial charge is 0.349 e. The molecule has 0 bridgehead atoms. The van der Waals surface area contributed by atoms with E-state index in [2.05, 4.69) is 21.2 Å². The second kappa shape index (κ2) is 5.10. The van der Waals surface area contributed by atoms with Gasteiger partial charge in [-0.25, -0.2) is 4.39 Å². The molecular weight excluding hydrogens is 249 g/mol. The fraction of sp³-hybridized carbons (Fsp3) is 0.300. The number of nitrogens with one attached hydrogen (secondary N) is 1. The number of hydrogen-bond donors (Lipinski definition) is 1. The van der Waals surface area contributed by atoms with E-state index in [9.17, 15) is 9.18 Å². The molecule has 1 atom stereocenters. The predicted octanol–water partition coefficient (Wildman–Crippen LogP) is 2.40. The van der Waals surface area contributed by atoms with E-state index in [1.807, 2.05) is 6.92 Å². The maximum absolute atomic E-state index is 12.8. The smallest absolute Gasteiger partial charge is 0.231 e. The highest BCUT2D eigenvalue weighted by Crippen LogP contribution is 2.13. The maximum Gasteiger partial charge on any atom is 0.231 e. The lowest BCUT2D eigenvalue weighted by molar-refractivity contribution is -0.119. The monoisotopic (exact) mass is 259 g/mol. The molecule has 0 fully saturated rings. The molecule has 0 aliphatic heterocycles. The Hall–Kier alpha value is -0.900. The van der Waals surface area contributed by atoms with Crippen molar-refractivity contribution < 1.29 is 9.18 Å². The van der Waals surface area contributed by atoms with Crippen molar-refractivity contribution in [2.75, 3.05) is 5.33 Å². The normalized spacial score (nSPS) is 12.2. The average molecular weight is 260 g/mol. The van der Waals surface area contributed by atoms with E-state index in [-0.39, 0.29) is 23.1 Å². The van der Waals surface area contributed by atoms with Gasteiger partial charge in [0.25, 0.3) is 0 Å². The summed E-state index contributed by atoms with van der Waals surface area (Å²) < 4.78 is 12.8. The quantitative estimate of drug-likeness (QED) is 0.831. The zero-order chi connectivity index (χ0) is 10.6. The summed E-state index contributed by atoms with van der Waals surface area (Å²) in [5, 5.41) is 2.98. The van der Waals surface area contributed by atoms with E-state index in [1.54, 1.807) is 12.1 Å². The van der Waals surface area contributed by atoms with Crippen molar-refractivity contribution in [2.24, 2.45) is 0 Å². The van der Waals surface area contributed by atoms with E-state index < -0.39 is 0 Å². The Kier molecular flexibility index (Phi) is 4.07. The molecule has 0 aromatic heterocycles. The molecule has 0 radical (unpaired) electrons. The number of amides is 1. The molecule has 2 nitrogen and oxygen atoms in total. The molecule has 1 amide bonds. The van der Waals surface area contributed by atoms with Gasteiger partial charge in [0.2, 0.25) is 5.91 Å². The van der Waals surface area contributed by atoms with E-state index in [0.717, 1.165) is 5.56 Å². The van der Waals surface area contributed by atoms with Crippen molar-refractivity contribution in [2.45, 2.75) is 13.0 Å². The van der Waals surface area contributed by atoms with Gasteiger partial charge in [0.05, 0.1) is 11.4 Å². The van der Waals surface area contributed by atoms with Gasteiger partial charge in [-0.15, -0.1) is 0 Å². The molecule has 0 saturated heterocycles. The third-order valence-electron chi connectivity index (χ3n) is 1.85. The summed E-state index contributed by atoms with van der Waals surface area (Å²) in [5.74, 6) is -0.399. The molecule has 0 heterocycles. The van der Waals surface area contributed by atoms with Crippen LogP contribution in [0.4, 0.5) is 4.39 Å². The van der Waals surface area contributed by atoms with Crippen LogP contribution in [-0.2, 0) is 4.79 Å². The minimum atomic E-state index is -0.289. The second-order valence-corrected chi connectivity index (χ2v) is 3.54. The number of hydrogen-bond acceptors (Lipinski definition) is 1. The molecule has 1 N–H and O–H groups in total. The van der Waals surface area contributed by atoms with Gasteiger partial charge in [-0.1, -0.05) is 28.1 Å². The minimum Gasteiger partial charge on any atom is -0.349 e. The average Bonchev–Trinajstić information content (AvgIpc) is 2.17. The van der Waals surface area contributed by atoms with Gasteiger partial charge in [-0.2, -0.15) is 0 Å². The topological polar surface area (TPSA) is 29.1 Å². The lowest BCUT2D eigenvalue weighted by atomic mass is 10.1. The van der Waals surface area contributed by atoms with Gasteiger partial charge in [0, 0.05) is 0 Å². The Morgan fingerprint density at radius 3 is 2.93 bits per heavy atom. The van der Waals surface area contributed by atoms with Gasteiger partial charge in [-0.05, 0) is 24.6 Å². The molecule has 0 aliphatic carbocycles. The van der Waals surface area contributed by atoms with Crippen molar-refractivity contribution in [3.8, 4) is 0 Å². The minimum absolute atomic E-state index is 0.109. The first kappa shape index (κ1) is 11.2. The van der Waals surface area contributed by atoms with Crippen LogP contribution in [0.5, 0.6) is 0 Å². The number of alkyl halides is 1. The van der Waals surface area contributed by atoms with E-state index in [0.29, 0.717) is 0 Å². The third kappa shape index (κ3) is 3.10. The number of halogens is 2. The van der Waals surface area contributed by atoms with Crippen LogP contribution >= 0.6 is 15.9 Å². The third-order valence-corrected chi connectivity index (χ3v) is 2.36. The fourth-order valence-corrected chi connectivity index (χ4v) is 1.30. The fourth-order valence-electron chi connectivity index (χ4n) is 1.14. The lowest BCUT2D eigenvalue weighted by Gasteiger charge is -2.13. The van der Waals surface area contributed by atoms with Gasteiger partial charge >= 0.3 is 0 Å². The number of carbonyl (C=O) groups is 1. The first-order chi connectivity index (χ1) is 6.63. The first-order valence-electron chi connectivity index (χ1n) is 4.24. The van der Waals surface area contributed by atoms with Crippen molar-refractivity contribution in [3.63, 3.8) is 0 Å². The molecule has 0 unspecified atom stereocenters. The maximum atomic E-state index is 12.8. The summed E-state index contributed by atoms with van der Waals surface area (Å²) in [6.45, 7) is 1.81. The van der Waals surface area contributed by atoms with Gasteiger partial charge in [0.15, 0.2) is 0 Å². The van der Waals surface area contributed by atoms with Gasteiger partial charge < -0.3 is 5.32 Å². The van der Waals surface area contributed by atoms with Crippen molar-refractivity contribution >= 4 is 21.8 Å². The molecule has 0 spiro atoms. The van der Waals surface area contributed by atoms with Crippen molar-refractivity contribution in [1.29, 1.82) is 0 Å². The summed E-state index contributed by atoms with van der Waals surface area (Å²) in [7, 11) is 0. The van der Waals surface area contributed by atoms with E-state index in [1.165, 1.54) is 12.1 Å². The van der Waals surface area contributed by atoms with E-state index in [4.69, 9.17) is 0 Å². The van der Waals surface area contributed by atoms with E-state index >= 15 is 0 Å². The lowest BCUT2D eigenvalue weighted by Crippen LogP contribution is -2.27. The Balaban J connectivity index is 2.69. The molecule has 1 aromatic rings. The highest BCUT2D eigenvalue weighted by atomic mass is 79.9. The van der Waals surface area contributed by atoms with Crippen molar-refractivity contribution in [3.05, 3.63) is 35.6 Å². The zero-order valence-electron chi connectivity index (χ0n) is 7.76. The highest BCUT2D eigenvalue weighted by molar-refractivity contribution is 9.09. The second-order valence-electron chi connectivity index (χ2n) is 2.98. The Bertz CT molecular complexity index is 330. The summed E-state index contributed by atoms with van der Waals surface area (Å²) in [6.07, 6.45) is 0. The Morgan fingerprint density at radius 2 is 2.36 bits per heavy atom. The molecular formula is C10H11BrFNO. The summed E-state index contributed by atoms with van der Waals surface area (Å²) in [6, 6.07) is 6.03. The highest BCUT2D eigenvalue weighted by Gasteiger charge is 2.08. The molecule has 14 heavy (non-hydrogen) atoms. The number of benzene rings is 1. The molecule has 0 aliphatic rings. The van der Waals surface area contributed by atoms with Gasteiger partial charge in [0.1, 0.15) is 5.82 Å². The summed E-state index contributed by atoms with van der Waals surface area (Å²) >= 11 is 3.04. The van der Waals surface area contributed by atoms with Crippen LogP contribution in [0, 0.1) is 5.82 Å². The van der Waals surface area contributed by atoms with Crippen LogP contribution in [0.2, 0.25) is 0 Å². The summed E-state index contributed by atoms with van der Waals surface area (Å²) in [4.78, 5) is 11.0. The first-order valence-corrected chi connectivity index (χ1v) is 5.36. The van der Waals surface area contributed by atoms with Crippen LogP contribution in [0.25, 0.3) is 0 Å². The van der Waals surface area contributed by atoms with Crippen molar-refractivity contribution in [1.82, 2.24) is 5.32 Å². The van der Waals surface area contributed by atoms with Crippen LogP contribution in [0.3, 0.4) is 0 Å². The molecule has 1 aromatic carbocycles. The molecule has 76 valence electrons. The molecule has 0 saturated carbocycles.